The maximum atomic E-state index is 13.2. The van der Waals surface area contributed by atoms with Crippen LogP contribution in [-0.2, 0) is 6.42 Å². The Balaban J connectivity index is 1.50. The van der Waals surface area contributed by atoms with Gasteiger partial charge in [-0.2, -0.15) is 11.8 Å². The monoisotopic (exact) mass is 343 g/mol. The van der Waals surface area contributed by atoms with Gasteiger partial charge in [-0.15, -0.1) is 10.2 Å². The SMILES string of the molecule is Fc1cccc(CCNc2nccn3c([C@@H]4CCCS4)nnc23)c1. The zero-order valence-electron chi connectivity index (χ0n) is 13.2. The topological polar surface area (TPSA) is 55.1 Å². The molecule has 3 heterocycles. The van der Waals surface area contributed by atoms with Crippen LogP contribution >= 0.6 is 11.8 Å². The van der Waals surface area contributed by atoms with Crippen LogP contribution in [0.2, 0.25) is 0 Å². The molecule has 5 nitrogen and oxygen atoms in total. The average molecular weight is 343 g/mol. The van der Waals surface area contributed by atoms with E-state index in [-0.39, 0.29) is 5.82 Å². The van der Waals surface area contributed by atoms with E-state index in [0.717, 1.165) is 35.7 Å². The fraction of sp³-hybridized carbons (Fsp3) is 0.353. The van der Waals surface area contributed by atoms with Crippen molar-refractivity contribution in [2.75, 3.05) is 17.6 Å². The highest BCUT2D eigenvalue weighted by Gasteiger charge is 2.23. The Morgan fingerprint density at radius 2 is 2.29 bits per heavy atom. The highest BCUT2D eigenvalue weighted by Crippen LogP contribution is 2.39. The number of rotatable bonds is 5. The summed E-state index contributed by atoms with van der Waals surface area (Å²) in [7, 11) is 0. The summed E-state index contributed by atoms with van der Waals surface area (Å²) in [5, 5.41) is 12.4. The lowest BCUT2D eigenvalue weighted by atomic mass is 10.1. The van der Waals surface area contributed by atoms with Gasteiger partial charge in [0.1, 0.15) is 5.82 Å². The first-order valence-corrected chi connectivity index (χ1v) is 9.16. The van der Waals surface area contributed by atoms with Gasteiger partial charge in [0.15, 0.2) is 11.6 Å². The van der Waals surface area contributed by atoms with Crippen LogP contribution in [0.1, 0.15) is 29.5 Å². The van der Waals surface area contributed by atoms with Crippen molar-refractivity contribution in [1.29, 1.82) is 0 Å². The van der Waals surface area contributed by atoms with Crippen LogP contribution in [0.3, 0.4) is 0 Å². The summed E-state index contributed by atoms with van der Waals surface area (Å²) in [6.07, 6.45) is 6.79. The first-order chi connectivity index (χ1) is 11.8. The number of benzene rings is 1. The Morgan fingerprint density at radius 3 is 3.12 bits per heavy atom. The first-order valence-electron chi connectivity index (χ1n) is 8.11. The number of nitrogens with zero attached hydrogens (tertiary/aromatic N) is 4. The third-order valence-electron chi connectivity index (χ3n) is 4.17. The molecule has 1 atom stereocenters. The van der Waals surface area contributed by atoms with Crippen LogP contribution in [0.4, 0.5) is 10.2 Å². The van der Waals surface area contributed by atoms with Crippen LogP contribution in [0.15, 0.2) is 36.7 Å². The van der Waals surface area contributed by atoms with Gasteiger partial charge >= 0.3 is 0 Å². The Hall–Kier alpha value is -2.15. The Morgan fingerprint density at radius 1 is 1.33 bits per heavy atom. The minimum Gasteiger partial charge on any atom is -0.367 e. The summed E-state index contributed by atoms with van der Waals surface area (Å²) in [6.45, 7) is 0.663. The zero-order valence-corrected chi connectivity index (χ0v) is 14.0. The number of halogens is 1. The van der Waals surface area contributed by atoms with Gasteiger partial charge in [-0.05, 0) is 42.7 Å². The molecule has 7 heteroatoms. The van der Waals surface area contributed by atoms with E-state index >= 15 is 0 Å². The van der Waals surface area contributed by atoms with E-state index < -0.39 is 0 Å². The lowest BCUT2D eigenvalue weighted by molar-refractivity contribution is 0.625. The normalized spacial score (nSPS) is 17.5. The quantitative estimate of drug-likeness (QED) is 0.768. The highest BCUT2D eigenvalue weighted by atomic mass is 32.2. The van der Waals surface area contributed by atoms with Crippen molar-refractivity contribution in [3.8, 4) is 0 Å². The molecule has 0 spiro atoms. The number of hydrogen-bond acceptors (Lipinski definition) is 5. The molecule has 1 aliphatic rings. The molecule has 4 rings (SSSR count). The van der Waals surface area contributed by atoms with Crippen molar-refractivity contribution < 1.29 is 4.39 Å². The second kappa shape index (κ2) is 6.76. The van der Waals surface area contributed by atoms with Gasteiger partial charge in [-0.3, -0.25) is 4.40 Å². The maximum absolute atomic E-state index is 13.2. The van der Waals surface area contributed by atoms with E-state index in [1.807, 2.05) is 28.4 Å². The van der Waals surface area contributed by atoms with E-state index in [1.165, 1.54) is 18.2 Å². The number of aromatic nitrogens is 4. The van der Waals surface area contributed by atoms with Crippen molar-refractivity contribution in [2.24, 2.45) is 0 Å². The molecule has 0 amide bonds. The van der Waals surface area contributed by atoms with Crippen molar-refractivity contribution in [3.05, 3.63) is 53.9 Å². The van der Waals surface area contributed by atoms with Gasteiger partial charge < -0.3 is 5.32 Å². The highest BCUT2D eigenvalue weighted by molar-refractivity contribution is 7.99. The van der Waals surface area contributed by atoms with Gasteiger partial charge in [0.2, 0.25) is 5.65 Å². The summed E-state index contributed by atoms with van der Waals surface area (Å²) in [5.41, 5.74) is 1.71. The Bertz CT molecular complexity index is 844. The van der Waals surface area contributed by atoms with E-state index in [9.17, 15) is 4.39 Å². The fourth-order valence-electron chi connectivity index (χ4n) is 2.99. The number of thioether (sulfide) groups is 1. The molecule has 1 aromatic carbocycles. The van der Waals surface area contributed by atoms with Gasteiger partial charge in [-0.1, -0.05) is 12.1 Å². The predicted octanol–water partition coefficient (Wildman–Crippen LogP) is 3.49. The molecule has 0 radical (unpaired) electrons. The molecule has 2 aromatic heterocycles. The molecule has 0 aliphatic carbocycles. The Labute approximate surface area is 143 Å². The summed E-state index contributed by atoms with van der Waals surface area (Å²) in [4.78, 5) is 4.38. The van der Waals surface area contributed by atoms with Gasteiger partial charge in [0.25, 0.3) is 0 Å². The molecule has 1 aliphatic heterocycles. The Kier molecular flexibility index (Phi) is 4.34. The van der Waals surface area contributed by atoms with E-state index in [1.54, 1.807) is 18.3 Å². The third-order valence-corrected chi connectivity index (χ3v) is 5.54. The number of fused-ring (bicyclic) bond motifs is 1. The summed E-state index contributed by atoms with van der Waals surface area (Å²) >= 11 is 1.94. The van der Waals surface area contributed by atoms with Crippen LogP contribution in [0.25, 0.3) is 5.65 Å². The van der Waals surface area contributed by atoms with Crippen LogP contribution in [0.5, 0.6) is 0 Å². The zero-order chi connectivity index (χ0) is 16.4. The van der Waals surface area contributed by atoms with E-state index in [4.69, 9.17) is 0 Å². The lowest BCUT2D eigenvalue weighted by Gasteiger charge is -2.09. The molecule has 0 bridgehead atoms. The molecule has 24 heavy (non-hydrogen) atoms. The molecule has 1 saturated heterocycles. The molecule has 0 unspecified atom stereocenters. The first kappa shape index (κ1) is 15.4. The second-order valence-electron chi connectivity index (χ2n) is 5.84. The van der Waals surface area contributed by atoms with Crippen LogP contribution < -0.4 is 5.32 Å². The number of hydrogen-bond donors (Lipinski definition) is 1. The molecule has 1 fully saturated rings. The summed E-state index contributed by atoms with van der Waals surface area (Å²) in [6, 6.07) is 6.67. The molecular weight excluding hydrogens is 325 g/mol. The van der Waals surface area contributed by atoms with Gasteiger partial charge in [0, 0.05) is 18.9 Å². The van der Waals surface area contributed by atoms with Crippen molar-refractivity contribution >= 4 is 23.2 Å². The van der Waals surface area contributed by atoms with Crippen molar-refractivity contribution in [1.82, 2.24) is 19.6 Å². The average Bonchev–Trinajstić information content (AvgIpc) is 3.24. The van der Waals surface area contributed by atoms with Crippen LogP contribution in [-0.4, -0.2) is 31.9 Å². The number of nitrogens with one attached hydrogen (secondary N) is 1. The summed E-state index contributed by atoms with van der Waals surface area (Å²) < 4.78 is 15.2. The van der Waals surface area contributed by atoms with E-state index in [2.05, 4.69) is 20.5 Å². The fourth-order valence-corrected chi connectivity index (χ4v) is 4.25. The second-order valence-corrected chi connectivity index (χ2v) is 7.15. The molecule has 0 saturated carbocycles. The lowest BCUT2D eigenvalue weighted by Crippen LogP contribution is -2.08. The predicted molar refractivity (Wildman–Crippen MR) is 93.8 cm³/mol. The molecule has 3 aromatic rings. The minimum atomic E-state index is -0.205. The molecule has 1 N–H and O–H groups in total. The maximum Gasteiger partial charge on any atom is 0.203 e. The molecular formula is C17H18FN5S. The van der Waals surface area contributed by atoms with Crippen LogP contribution in [0, 0.1) is 5.82 Å². The van der Waals surface area contributed by atoms with Gasteiger partial charge in [-0.25, -0.2) is 9.37 Å². The molecule has 124 valence electrons. The standard InChI is InChI=1S/C17H18FN5S/c18-13-4-1-3-12(11-13)6-7-19-15-17-22-21-16(14-5-2-10-24-14)23(17)9-8-20-15/h1,3-4,8-9,11,14H,2,5-7,10H2,(H,19,20)/t14-/m0/s1. The van der Waals surface area contributed by atoms with Crippen molar-refractivity contribution in [2.45, 2.75) is 24.5 Å². The summed E-state index contributed by atoms with van der Waals surface area (Å²) in [5.74, 6) is 2.70. The largest absolute Gasteiger partial charge is 0.367 e. The third kappa shape index (κ3) is 3.08. The smallest absolute Gasteiger partial charge is 0.203 e. The van der Waals surface area contributed by atoms with Gasteiger partial charge in [0.05, 0.1) is 5.25 Å². The van der Waals surface area contributed by atoms with E-state index in [0.29, 0.717) is 11.8 Å². The van der Waals surface area contributed by atoms with Crippen molar-refractivity contribution in [3.63, 3.8) is 0 Å². The number of anilines is 1. The minimum absolute atomic E-state index is 0.205.